The van der Waals surface area contributed by atoms with E-state index in [1.165, 1.54) is 6.42 Å². The second-order valence-corrected chi connectivity index (χ2v) is 5.77. The highest BCUT2D eigenvalue weighted by Gasteiger charge is 2.16. The normalized spacial score (nSPS) is 14.4. The van der Waals surface area contributed by atoms with Gasteiger partial charge in [-0.05, 0) is 31.4 Å². The van der Waals surface area contributed by atoms with E-state index in [1.54, 1.807) is 6.20 Å². The van der Waals surface area contributed by atoms with Crippen molar-refractivity contribution in [3.8, 4) is 11.5 Å². The quantitative estimate of drug-likeness (QED) is 0.842. The fraction of sp³-hybridized carbons (Fsp3) is 0.412. The summed E-state index contributed by atoms with van der Waals surface area (Å²) in [5.74, 6) is 1.21. The number of nitrogens with zero attached hydrogens (tertiary/aromatic N) is 4. The summed E-state index contributed by atoms with van der Waals surface area (Å²) in [6, 6.07) is 7.51. The number of aliphatic carboxylic acids is 1. The van der Waals surface area contributed by atoms with E-state index in [0.29, 0.717) is 23.9 Å². The molecule has 0 aliphatic carbocycles. The van der Waals surface area contributed by atoms with Crippen LogP contribution in [0.25, 0.3) is 11.5 Å². The molecule has 0 unspecified atom stereocenters. The molecular weight excluding hydrogens is 306 g/mol. The van der Waals surface area contributed by atoms with Crippen LogP contribution in [-0.4, -0.2) is 45.7 Å². The first kappa shape index (κ1) is 16.2. The van der Waals surface area contributed by atoms with Gasteiger partial charge in [-0.25, -0.2) is 9.97 Å². The monoisotopic (exact) mass is 327 g/mol. The number of nitrogens with one attached hydrogen (secondary N) is 1. The number of carbonyl (C=O) groups is 1. The van der Waals surface area contributed by atoms with Gasteiger partial charge in [0.25, 0.3) is 0 Å². The SMILES string of the molecule is O=C(O)CCNc1cc(N2CCCCC2)nc(-c2ccccn2)n1. The number of pyridine rings is 1. The molecule has 0 saturated carbocycles. The van der Waals surface area contributed by atoms with Gasteiger partial charge < -0.3 is 15.3 Å². The van der Waals surface area contributed by atoms with E-state index in [-0.39, 0.29) is 6.42 Å². The Morgan fingerprint density at radius 1 is 1.21 bits per heavy atom. The van der Waals surface area contributed by atoms with Gasteiger partial charge in [-0.1, -0.05) is 6.07 Å². The minimum absolute atomic E-state index is 0.0436. The van der Waals surface area contributed by atoms with Crippen LogP contribution in [0.1, 0.15) is 25.7 Å². The summed E-state index contributed by atoms with van der Waals surface area (Å²) in [4.78, 5) is 26.4. The highest BCUT2D eigenvalue weighted by atomic mass is 16.4. The van der Waals surface area contributed by atoms with Crippen molar-refractivity contribution in [1.29, 1.82) is 0 Å². The fourth-order valence-corrected chi connectivity index (χ4v) is 2.72. The molecule has 3 heterocycles. The summed E-state index contributed by atoms with van der Waals surface area (Å²) in [6.07, 6.45) is 5.32. The summed E-state index contributed by atoms with van der Waals surface area (Å²) in [5, 5.41) is 11.9. The smallest absolute Gasteiger partial charge is 0.305 e. The molecule has 0 spiro atoms. The first-order valence-corrected chi connectivity index (χ1v) is 8.23. The van der Waals surface area contributed by atoms with Gasteiger partial charge in [0, 0.05) is 31.9 Å². The van der Waals surface area contributed by atoms with Gasteiger partial charge in [0.05, 0.1) is 6.42 Å². The average Bonchev–Trinajstić information content (AvgIpc) is 2.63. The molecule has 3 rings (SSSR count). The lowest BCUT2D eigenvalue weighted by atomic mass is 10.1. The zero-order valence-electron chi connectivity index (χ0n) is 13.5. The van der Waals surface area contributed by atoms with Crippen molar-refractivity contribution in [2.75, 3.05) is 29.9 Å². The van der Waals surface area contributed by atoms with E-state index in [9.17, 15) is 4.79 Å². The van der Waals surface area contributed by atoms with E-state index in [0.717, 1.165) is 31.7 Å². The number of carboxylic acids is 1. The van der Waals surface area contributed by atoms with Crippen LogP contribution in [0.4, 0.5) is 11.6 Å². The largest absolute Gasteiger partial charge is 0.481 e. The van der Waals surface area contributed by atoms with Crippen molar-refractivity contribution in [1.82, 2.24) is 15.0 Å². The Kier molecular flexibility index (Phi) is 5.20. The number of aromatic nitrogens is 3. The van der Waals surface area contributed by atoms with Crippen LogP contribution in [0.2, 0.25) is 0 Å². The van der Waals surface area contributed by atoms with E-state index in [2.05, 4.69) is 25.2 Å². The number of hydrogen-bond acceptors (Lipinski definition) is 6. The zero-order valence-corrected chi connectivity index (χ0v) is 13.5. The molecule has 1 aliphatic rings. The first-order valence-electron chi connectivity index (χ1n) is 8.23. The third-order valence-electron chi connectivity index (χ3n) is 3.93. The van der Waals surface area contributed by atoms with Gasteiger partial charge in [-0.3, -0.25) is 9.78 Å². The molecule has 0 aromatic carbocycles. The molecule has 2 aromatic rings. The van der Waals surface area contributed by atoms with Crippen LogP contribution in [0.15, 0.2) is 30.5 Å². The number of piperidine rings is 1. The third-order valence-corrected chi connectivity index (χ3v) is 3.93. The topological polar surface area (TPSA) is 91.2 Å². The zero-order chi connectivity index (χ0) is 16.8. The molecular formula is C17H21N5O2. The van der Waals surface area contributed by atoms with Gasteiger partial charge in [-0.2, -0.15) is 0 Å². The van der Waals surface area contributed by atoms with Crippen LogP contribution >= 0.6 is 0 Å². The molecule has 7 nitrogen and oxygen atoms in total. The molecule has 0 radical (unpaired) electrons. The van der Waals surface area contributed by atoms with Crippen molar-refractivity contribution in [3.63, 3.8) is 0 Å². The van der Waals surface area contributed by atoms with Crippen LogP contribution in [0.5, 0.6) is 0 Å². The first-order chi connectivity index (χ1) is 11.7. The summed E-state index contributed by atoms with van der Waals surface area (Å²) in [5.41, 5.74) is 0.706. The van der Waals surface area contributed by atoms with Crippen molar-refractivity contribution in [3.05, 3.63) is 30.5 Å². The standard InChI is InChI=1S/C17H21N5O2/c23-16(24)7-9-19-14-12-15(22-10-4-1-5-11-22)21-17(20-14)13-6-2-3-8-18-13/h2-3,6,8,12H,1,4-5,7,9-11H2,(H,23,24)(H,19,20,21). The van der Waals surface area contributed by atoms with E-state index < -0.39 is 5.97 Å². The third kappa shape index (κ3) is 4.18. The van der Waals surface area contributed by atoms with Gasteiger partial charge in [-0.15, -0.1) is 0 Å². The van der Waals surface area contributed by atoms with Crippen LogP contribution in [-0.2, 0) is 4.79 Å². The van der Waals surface area contributed by atoms with Crippen molar-refractivity contribution < 1.29 is 9.90 Å². The Bertz CT molecular complexity index is 687. The lowest BCUT2D eigenvalue weighted by Gasteiger charge is -2.28. The number of anilines is 2. The molecule has 1 fully saturated rings. The van der Waals surface area contributed by atoms with Gasteiger partial charge >= 0.3 is 5.97 Å². The molecule has 2 aromatic heterocycles. The van der Waals surface area contributed by atoms with Gasteiger partial charge in [0.15, 0.2) is 5.82 Å². The molecule has 1 aliphatic heterocycles. The number of rotatable bonds is 6. The maximum atomic E-state index is 10.7. The van der Waals surface area contributed by atoms with Gasteiger partial charge in [0.2, 0.25) is 0 Å². The molecule has 2 N–H and O–H groups in total. The Morgan fingerprint density at radius 2 is 2.04 bits per heavy atom. The highest BCUT2D eigenvalue weighted by Crippen LogP contribution is 2.23. The van der Waals surface area contributed by atoms with Crippen molar-refractivity contribution in [2.24, 2.45) is 0 Å². The van der Waals surface area contributed by atoms with Gasteiger partial charge in [0.1, 0.15) is 17.3 Å². The summed E-state index contributed by atoms with van der Waals surface area (Å²) in [7, 11) is 0. The Morgan fingerprint density at radius 3 is 2.75 bits per heavy atom. The van der Waals surface area contributed by atoms with Crippen molar-refractivity contribution in [2.45, 2.75) is 25.7 Å². The van der Waals surface area contributed by atoms with Crippen LogP contribution in [0, 0.1) is 0 Å². The molecule has 7 heteroatoms. The molecule has 1 saturated heterocycles. The molecule has 24 heavy (non-hydrogen) atoms. The summed E-state index contributed by atoms with van der Waals surface area (Å²) >= 11 is 0. The van der Waals surface area contributed by atoms with Crippen LogP contribution in [0.3, 0.4) is 0 Å². The van der Waals surface area contributed by atoms with E-state index in [1.807, 2.05) is 24.3 Å². The predicted octanol–water partition coefficient (Wildman–Crippen LogP) is 2.42. The maximum absolute atomic E-state index is 10.7. The maximum Gasteiger partial charge on any atom is 0.305 e. The summed E-state index contributed by atoms with van der Waals surface area (Å²) in [6.45, 7) is 2.29. The Hall–Kier alpha value is -2.70. The Labute approximate surface area is 140 Å². The van der Waals surface area contributed by atoms with E-state index >= 15 is 0 Å². The molecule has 0 amide bonds. The lowest BCUT2D eigenvalue weighted by Crippen LogP contribution is -2.30. The minimum Gasteiger partial charge on any atom is -0.481 e. The minimum atomic E-state index is -0.835. The van der Waals surface area contributed by atoms with E-state index in [4.69, 9.17) is 5.11 Å². The Balaban J connectivity index is 1.88. The second kappa shape index (κ2) is 7.72. The number of carboxylic acid groups (broad SMARTS) is 1. The van der Waals surface area contributed by atoms with Crippen molar-refractivity contribution >= 4 is 17.6 Å². The fourth-order valence-electron chi connectivity index (χ4n) is 2.72. The lowest BCUT2D eigenvalue weighted by molar-refractivity contribution is -0.136. The summed E-state index contributed by atoms with van der Waals surface area (Å²) < 4.78 is 0. The molecule has 126 valence electrons. The second-order valence-electron chi connectivity index (χ2n) is 5.77. The van der Waals surface area contributed by atoms with Crippen LogP contribution < -0.4 is 10.2 Å². The molecule has 0 atom stereocenters. The molecule has 0 bridgehead atoms. The predicted molar refractivity (Wildman–Crippen MR) is 92.1 cm³/mol. The number of hydrogen-bond donors (Lipinski definition) is 2. The highest BCUT2D eigenvalue weighted by molar-refractivity contribution is 5.67. The average molecular weight is 327 g/mol.